The second kappa shape index (κ2) is 7.90. The number of amides is 2. The number of benzene rings is 1. The molecule has 30 heavy (non-hydrogen) atoms. The molecule has 8 nitrogen and oxygen atoms in total. The first-order valence-electron chi connectivity index (χ1n) is 9.62. The van der Waals surface area contributed by atoms with Crippen molar-refractivity contribution in [2.45, 2.75) is 19.9 Å². The number of carbonyl (C=O) groups excluding carboxylic acids is 2. The highest BCUT2D eigenvalue weighted by atomic mass is 16.5. The van der Waals surface area contributed by atoms with Gasteiger partial charge in [0.25, 0.3) is 0 Å². The van der Waals surface area contributed by atoms with Crippen LogP contribution < -0.4 is 10.6 Å². The SMILES string of the molecule is C=C1NC(=O)NC(c2cn(-c3ccccc3)nc2-c2ccc(C)o2)C1C(=O)OCC. The fraction of sp³-hybridized carbons (Fsp3) is 0.227. The molecule has 2 N–H and O–H groups in total. The van der Waals surface area contributed by atoms with E-state index < -0.39 is 24.0 Å². The number of rotatable bonds is 5. The highest BCUT2D eigenvalue weighted by Gasteiger charge is 2.41. The zero-order valence-electron chi connectivity index (χ0n) is 16.7. The van der Waals surface area contributed by atoms with Crippen molar-refractivity contribution < 1.29 is 18.7 Å². The molecule has 1 aliphatic rings. The van der Waals surface area contributed by atoms with Crippen LogP contribution in [0.5, 0.6) is 0 Å². The van der Waals surface area contributed by atoms with E-state index in [0.717, 1.165) is 11.4 Å². The Morgan fingerprint density at radius 2 is 2.03 bits per heavy atom. The molecular weight excluding hydrogens is 384 g/mol. The van der Waals surface area contributed by atoms with Gasteiger partial charge in [-0.05, 0) is 38.1 Å². The summed E-state index contributed by atoms with van der Waals surface area (Å²) in [4.78, 5) is 24.9. The first-order valence-corrected chi connectivity index (χ1v) is 9.62. The van der Waals surface area contributed by atoms with Crippen molar-refractivity contribution in [3.05, 3.63) is 72.3 Å². The summed E-state index contributed by atoms with van der Waals surface area (Å²) < 4.78 is 12.7. The lowest BCUT2D eigenvalue weighted by atomic mass is 9.89. The van der Waals surface area contributed by atoms with Crippen LogP contribution in [0, 0.1) is 12.8 Å². The number of hydrogen-bond donors (Lipinski definition) is 2. The van der Waals surface area contributed by atoms with E-state index in [9.17, 15) is 9.59 Å². The fourth-order valence-corrected chi connectivity index (χ4v) is 3.53. The Hall–Kier alpha value is -3.81. The molecule has 1 fully saturated rings. The number of furan rings is 1. The molecule has 1 aliphatic heterocycles. The van der Waals surface area contributed by atoms with Crippen LogP contribution in [0.4, 0.5) is 4.79 Å². The van der Waals surface area contributed by atoms with Crippen LogP contribution >= 0.6 is 0 Å². The van der Waals surface area contributed by atoms with E-state index in [-0.39, 0.29) is 12.3 Å². The van der Waals surface area contributed by atoms with Crippen LogP contribution in [-0.4, -0.2) is 28.4 Å². The molecule has 2 aromatic heterocycles. The van der Waals surface area contributed by atoms with Gasteiger partial charge in [0.05, 0.1) is 18.3 Å². The average molecular weight is 406 g/mol. The number of nitrogens with one attached hydrogen (secondary N) is 2. The summed E-state index contributed by atoms with van der Waals surface area (Å²) in [6.07, 6.45) is 1.79. The van der Waals surface area contributed by atoms with Gasteiger partial charge in [0.1, 0.15) is 17.4 Å². The molecule has 2 unspecified atom stereocenters. The number of urea groups is 1. The van der Waals surface area contributed by atoms with E-state index in [1.807, 2.05) is 49.4 Å². The molecule has 0 saturated carbocycles. The average Bonchev–Trinajstić information content (AvgIpc) is 3.34. The predicted molar refractivity (Wildman–Crippen MR) is 110 cm³/mol. The number of aryl methyl sites for hydroxylation is 1. The van der Waals surface area contributed by atoms with Gasteiger partial charge in [-0.3, -0.25) is 4.79 Å². The summed E-state index contributed by atoms with van der Waals surface area (Å²) in [6.45, 7) is 7.66. The quantitative estimate of drug-likeness (QED) is 0.632. The Morgan fingerprint density at radius 1 is 1.27 bits per heavy atom. The maximum absolute atomic E-state index is 12.7. The number of aromatic nitrogens is 2. The Bertz CT molecular complexity index is 1100. The second-order valence-corrected chi connectivity index (χ2v) is 6.95. The Morgan fingerprint density at radius 3 is 2.70 bits per heavy atom. The standard InChI is InChI=1S/C22H22N4O4/c1-4-29-21(27)18-14(3)23-22(28)24-20(18)16-12-26(15-8-6-5-7-9-15)25-19(16)17-11-10-13(2)30-17/h5-12,18,20H,3-4H2,1-2H3,(H2,23,24,28). The molecule has 0 aliphatic carbocycles. The Labute approximate surface area is 173 Å². The lowest BCUT2D eigenvalue weighted by molar-refractivity contribution is -0.147. The van der Waals surface area contributed by atoms with Gasteiger partial charge in [-0.25, -0.2) is 9.48 Å². The van der Waals surface area contributed by atoms with Crippen LogP contribution in [0.1, 0.15) is 24.3 Å². The third-order valence-electron chi connectivity index (χ3n) is 4.88. The molecule has 1 aromatic carbocycles. The lowest BCUT2D eigenvalue weighted by Crippen LogP contribution is -2.51. The van der Waals surface area contributed by atoms with Gasteiger partial charge in [0.2, 0.25) is 0 Å². The van der Waals surface area contributed by atoms with E-state index in [1.165, 1.54) is 0 Å². The fourth-order valence-electron chi connectivity index (χ4n) is 3.53. The second-order valence-electron chi connectivity index (χ2n) is 6.95. The number of esters is 1. The Balaban J connectivity index is 1.86. The van der Waals surface area contributed by atoms with Gasteiger partial charge in [-0.2, -0.15) is 5.10 Å². The molecule has 0 spiro atoms. The summed E-state index contributed by atoms with van der Waals surface area (Å²) in [5.41, 5.74) is 2.26. The summed E-state index contributed by atoms with van der Waals surface area (Å²) in [7, 11) is 0. The first kappa shape index (κ1) is 19.5. The molecule has 8 heteroatoms. The van der Waals surface area contributed by atoms with Gasteiger partial charge in [-0.1, -0.05) is 24.8 Å². The van der Waals surface area contributed by atoms with Crippen molar-refractivity contribution >= 4 is 12.0 Å². The molecule has 0 bridgehead atoms. The van der Waals surface area contributed by atoms with E-state index in [1.54, 1.807) is 17.8 Å². The minimum absolute atomic E-state index is 0.219. The maximum Gasteiger partial charge on any atom is 0.319 e. The third kappa shape index (κ3) is 3.59. The maximum atomic E-state index is 12.7. The lowest BCUT2D eigenvalue weighted by Gasteiger charge is -2.32. The highest BCUT2D eigenvalue weighted by Crippen LogP contribution is 2.37. The number of ether oxygens (including phenoxy) is 1. The summed E-state index contributed by atoms with van der Waals surface area (Å²) in [5.74, 6) is -0.0241. The molecule has 3 heterocycles. The van der Waals surface area contributed by atoms with E-state index in [4.69, 9.17) is 14.3 Å². The summed E-state index contributed by atoms with van der Waals surface area (Å²) in [6, 6.07) is 12.0. The minimum atomic E-state index is -0.814. The minimum Gasteiger partial charge on any atom is -0.465 e. The number of hydrogen-bond acceptors (Lipinski definition) is 5. The predicted octanol–water partition coefficient (Wildman–Crippen LogP) is 3.49. The molecule has 154 valence electrons. The zero-order valence-corrected chi connectivity index (χ0v) is 16.7. The molecule has 4 rings (SSSR count). The molecule has 3 aromatic rings. The normalized spacial score (nSPS) is 18.6. The highest BCUT2D eigenvalue weighted by molar-refractivity contribution is 5.86. The van der Waals surface area contributed by atoms with Crippen molar-refractivity contribution in [2.75, 3.05) is 6.61 Å². The smallest absolute Gasteiger partial charge is 0.319 e. The van der Waals surface area contributed by atoms with Crippen LogP contribution in [0.15, 0.2) is 65.4 Å². The largest absolute Gasteiger partial charge is 0.465 e. The van der Waals surface area contributed by atoms with Gasteiger partial charge < -0.3 is 19.8 Å². The van der Waals surface area contributed by atoms with Crippen LogP contribution in [-0.2, 0) is 9.53 Å². The monoisotopic (exact) mass is 406 g/mol. The summed E-state index contributed by atoms with van der Waals surface area (Å²) >= 11 is 0. The Kier molecular flexibility index (Phi) is 5.14. The van der Waals surface area contributed by atoms with Gasteiger partial charge >= 0.3 is 12.0 Å². The molecule has 2 amide bonds. The summed E-state index contributed by atoms with van der Waals surface area (Å²) in [5, 5.41) is 10.1. The van der Waals surface area contributed by atoms with Crippen LogP contribution in [0.2, 0.25) is 0 Å². The van der Waals surface area contributed by atoms with Crippen molar-refractivity contribution in [1.29, 1.82) is 0 Å². The van der Waals surface area contributed by atoms with Gasteiger partial charge in [0, 0.05) is 17.5 Å². The van der Waals surface area contributed by atoms with Crippen LogP contribution in [0.25, 0.3) is 17.1 Å². The number of para-hydroxylation sites is 1. The zero-order chi connectivity index (χ0) is 21.3. The molecule has 2 atom stereocenters. The van der Waals surface area contributed by atoms with E-state index in [0.29, 0.717) is 17.0 Å². The van der Waals surface area contributed by atoms with E-state index in [2.05, 4.69) is 17.2 Å². The topological polar surface area (TPSA) is 98.4 Å². The van der Waals surface area contributed by atoms with E-state index >= 15 is 0 Å². The van der Waals surface area contributed by atoms with Crippen LogP contribution in [0.3, 0.4) is 0 Å². The first-order chi connectivity index (χ1) is 14.5. The van der Waals surface area contributed by atoms with Gasteiger partial charge in [0.15, 0.2) is 5.76 Å². The van der Waals surface area contributed by atoms with Gasteiger partial charge in [-0.15, -0.1) is 0 Å². The van der Waals surface area contributed by atoms with Crippen molar-refractivity contribution in [3.8, 4) is 17.1 Å². The molecule has 0 radical (unpaired) electrons. The molecular formula is C22H22N4O4. The number of nitrogens with zero attached hydrogens (tertiary/aromatic N) is 2. The van der Waals surface area contributed by atoms with Crippen molar-refractivity contribution in [3.63, 3.8) is 0 Å². The molecule has 1 saturated heterocycles. The third-order valence-corrected chi connectivity index (χ3v) is 4.88. The number of carbonyl (C=O) groups is 2. The van der Waals surface area contributed by atoms with Crippen molar-refractivity contribution in [2.24, 2.45) is 5.92 Å². The van der Waals surface area contributed by atoms with Crippen molar-refractivity contribution in [1.82, 2.24) is 20.4 Å².